The number of pyridine rings is 1. The first-order valence-corrected chi connectivity index (χ1v) is 11.7. The Bertz CT molecular complexity index is 1740. The summed E-state index contributed by atoms with van der Waals surface area (Å²) in [6, 6.07) is 11.5. The highest BCUT2D eigenvalue weighted by atomic mass is 32.1. The van der Waals surface area contributed by atoms with Gasteiger partial charge in [-0.25, -0.2) is 14.4 Å². The fraction of sp³-hybridized carbons (Fsp3) is 0.0400. The predicted octanol–water partition coefficient (Wildman–Crippen LogP) is 5.88. The van der Waals surface area contributed by atoms with E-state index in [9.17, 15) is 18.0 Å². The van der Waals surface area contributed by atoms with Crippen molar-refractivity contribution >= 4 is 55.7 Å². The molecule has 0 spiro atoms. The lowest BCUT2D eigenvalue weighted by Crippen LogP contribution is -2.20. The molecule has 0 saturated carbocycles. The van der Waals surface area contributed by atoms with Crippen LogP contribution in [0.4, 0.5) is 28.4 Å². The van der Waals surface area contributed by atoms with Crippen molar-refractivity contribution in [3.8, 4) is 11.3 Å². The number of hydrogen-bond donors (Lipinski definition) is 4. The fourth-order valence-electron chi connectivity index (χ4n) is 3.84. The SMILES string of the molecule is N=C/C(=C\N)c1ccc2ncc(-c3ccc(C(=O)Nc4nc5ccc(NC(F)(F)F)cc5s4)c(F)c3)n2c1. The number of hydrogen-bond acceptors (Lipinski definition) is 7. The molecule has 5 rings (SSSR count). The number of amides is 1. The molecule has 0 aliphatic carbocycles. The summed E-state index contributed by atoms with van der Waals surface area (Å²) in [5, 5.41) is 11.5. The summed E-state index contributed by atoms with van der Waals surface area (Å²) < 4.78 is 54.9. The molecular formula is C25H17F4N7OS. The molecule has 13 heteroatoms. The molecule has 2 aromatic carbocycles. The number of nitrogens with two attached hydrogens (primary N) is 1. The van der Waals surface area contributed by atoms with E-state index >= 15 is 4.39 Å². The Labute approximate surface area is 216 Å². The number of carbonyl (C=O) groups excluding carboxylic acids is 1. The second kappa shape index (κ2) is 9.59. The number of halogens is 4. The molecule has 5 N–H and O–H groups in total. The molecule has 0 unspecified atom stereocenters. The predicted molar refractivity (Wildman–Crippen MR) is 139 cm³/mol. The average molecular weight is 540 g/mol. The van der Waals surface area contributed by atoms with Gasteiger partial charge >= 0.3 is 6.30 Å². The van der Waals surface area contributed by atoms with E-state index in [1.807, 2.05) is 0 Å². The molecule has 5 aromatic rings. The van der Waals surface area contributed by atoms with Crippen LogP contribution in [-0.4, -0.2) is 32.8 Å². The maximum atomic E-state index is 15.0. The van der Waals surface area contributed by atoms with Gasteiger partial charge in [0.2, 0.25) is 0 Å². The lowest BCUT2D eigenvalue weighted by atomic mass is 10.1. The molecule has 8 nitrogen and oxygen atoms in total. The van der Waals surface area contributed by atoms with Crippen LogP contribution in [0.2, 0.25) is 0 Å². The Morgan fingerprint density at radius 3 is 2.66 bits per heavy atom. The van der Waals surface area contributed by atoms with Gasteiger partial charge in [0, 0.05) is 41.0 Å². The van der Waals surface area contributed by atoms with E-state index in [4.69, 9.17) is 11.1 Å². The summed E-state index contributed by atoms with van der Waals surface area (Å²) in [6.45, 7) is 0. The van der Waals surface area contributed by atoms with Gasteiger partial charge in [0.15, 0.2) is 5.13 Å². The number of fused-ring (bicyclic) bond motifs is 2. The standard InChI is InChI=1S/C25H17F4N7OS/c26-18-7-13(20-11-32-22-6-2-14(12-36(20)22)15(9-30)10-31)1-4-17(18)23(37)34-24-33-19-5-3-16(8-21(19)38-24)35-25(27,28)29/h1-12,30,35H,31H2,(H,33,34,37)/b15-10+,30-9?. The van der Waals surface area contributed by atoms with Gasteiger partial charge in [-0.2, -0.15) is 13.2 Å². The number of rotatable bonds is 6. The third kappa shape index (κ3) is 4.91. The molecule has 3 heterocycles. The smallest absolute Gasteiger partial charge is 0.404 e. The highest BCUT2D eigenvalue weighted by Gasteiger charge is 2.27. The van der Waals surface area contributed by atoms with Crippen molar-refractivity contribution in [2.24, 2.45) is 5.73 Å². The minimum Gasteiger partial charge on any atom is -0.404 e. The van der Waals surface area contributed by atoms with Crippen LogP contribution in [0.1, 0.15) is 15.9 Å². The summed E-state index contributed by atoms with van der Waals surface area (Å²) >= 11 is 0.962. The molecule has 3 aromatic heterocycles. The van der Waals surface area contributed by atoms with Gasteiger partial charge < -0.3 is 11.1 Å². The summed E-state index contributed by atoms with van der Waals surface area (Å²) in [5.74, 6) is -1.54. The second-order valence-corrected chi connectivity index (χ2v) is 9.06. The molecule has 0 aliphatic heterocycles. The lowest BCUT2D eigenvalue weighted by Gasteiger charge is -2.08. The van der Waals surface area contributed by atoms with Crippen LogP contribution >= 0.6 is 11.3 Å². The first-order valence-electron chi connectivity index (χ1n) is 10.9. The number of aromatic nitrogens is 3. The topological polar surface area (TPSA) is 121 Å². The number of nitrogens with one attached hydrogen (secondary N) is 3. The molecule has 0 atom stereocenters. The third-order valence-corrected chi connectivity index (χ3v) is 6.51. The molecule has 0 saturated heterocycles. The molecule has 0 fully saturated rings. The number of benzene rings is 2. The average Bonchev–Trinajstić information content (AvgIpc) is 3.46. The fourth-order valence-corrected chi connectivity index (χ4v) is 4.74. The monoisotopic (exact) mass is 539 g/mol. The molecule has 1 amide bonds. The maximum Gasteiger partial charge on any atom is 0.482 e. The van der Waals surface area contributed by atoms with Crippen molar-refractivity contribution in [3.05, 3.63) is 84.1 Å². The molecule has 0 aliphatic rings. The van der Waals surface area contributed by atoms with E-state index in [0.717, 1.165) is 17.6 Å². The molecule has 0 bridgehead atoms. The number of imidazole rings is 1. The minimum absolute atomic E-state index is 0.113. The molecular weight excluding hydrogens is 522 g/mol. The Balaban J connectivity index is 1.39. The van der Waals surface area contributed by atoms with Crippen LogP contribution in [0.3, 0.4) is 0 Å². The number of thiazole rings is 1. The number of allylic oxidation sites excluding steroid dienone is 1. The van der Waals surface area contributed by atoms with Crippen LogP contribution in [0.5, 0.6) is 0 Å². The van der Waals surface area contributed by atoms with E-state index in [-0.39, 0.29) is 16.4 Å². The third-order valence-electron chi connectivity index (χ3n) is 5.58. The zero-order valence-electron chi connectivity index (χ0n) is 19.2. The number of anilines is 2. The lowest BCUT2D eigenvalue weighted by molar-refractivity contribution is -0.0999. The zero-order valence-corrected chi connectivity index (χ0v) is 20.0. The summed E-state index contributed by atoms with van der Waals surface area (Å²) in [6.07, 6.45) is 1.13. The summed E-state index contributed by atoms with van der Waals surface area (Å²) in [7, 11) is 0. The van der Waals surface area contributed by atoms with E-state index in [1.165, 1.54) is 41.8 Å². The van der Waals surface area contributed by atoms with Gasteiger partial charge in [0.1, 0.15) is 11.5 Å². The van der Waals surface area contributed by atoms with E-state index in [2.05, 4.69) is 15.3 Å². The normalized spacial score (nSPS) is 12.2. The van der Waals surface area contributed by atoms with Crippen LogP contribution in [-0.2, 0) is 0 Å². The van der Waals surface area contributed by atoms with Gasteiger partial charge in [-0.3, -0.25) is 19.8 Å². The van der Waals surface area contributed by atoms with Gasteiger partial charge in [-0.05, 0) is 42.5 Å². The second-order valence-electron chi connectivity index (χ2n) is 8.03. The number of alkyl halides is 3. The van der Waals surface area contributed by atoms with Gasteiger partial charge in [0.05, 0.1) is 27.7 Å². The first kappa shape index (κ1) is 24.9. The molecule has 38 heavy (non-hydrogen) atoms. The number of nitrogens with zero attached hydrogens (tertiary/aromatic N) is 3. The Morgan fingerprint density at radius 1 is 1.13 bits per heavy atom. The minimum atomic E-state index is -4.59. The van der Waals surface area contributed by atoms with E-state index in [1.54, 1.807) is 35.0 Å². The van der Waals surface area contributed by atoms with Crippen LogP contribution in [0, 0.1) is 11.2 Å². The van der Waals surface area contributed by atoms with Crippen LogP contribution in [0.15, 0.2) is 67.1 Å². The van der Waals surface area contributed by atoms with Gasteiger partial charge in [0.25, 0.3) is 5.91 Å². The Kier molecular flexibility index (Phi) is 6.28. The largest absolute Gasteiger partial charge is 0.482 e. The Hall–Kier alpha value is -4.78. The Morgan fingerprint density at radius 2 is 1.95 bits per heavy atom. The maximum absolute atomic E-state index is 15.0. The van der Waals surface area contributed by atoms with Crippen molar-refractivity contribution in [1.82, 2.24) is 14.4 Å². The van der Waals surface area contributed by atoms with Crippen LogP contribution < -0.4 is 16.4 Å². The van der Waals surface area contributed by atoms with Gasteiger partial charge in [-0.15, -0.1) is 0 Å². The zero-order chi connectivity index (χ0) is 27.0. The van der Waals surface area contributed by atoms with Crippen LogP contribution in [0.25, 0.3) is 32.7 Å². The van der Waals surface area contributed by atoms with Gasteiger partial charge in [-0.1, -0.05) is 17.4 Å². The number of carbonyl (C=O) groups is 1. The molecule has 192 valence electrons. The van der Waals surface area contributed by atoms with Crippen molar-refractivity contribution in [3.63, 3.8) is 0 Å². The van der Waals surface area contributed by atoms with Crippen molar-refractivity contribution in [1.29, 1.82) is 5.41 Å². The van der Waals surface area contributed by atoms with Crippen molar-refractivity contribution < 1.29 is 22.4 Å². The summed E-state index contributed by atoms with van der Waals surface area (Å²) in [4.78, 5) is 21.3. The first-order chi connectivity index (χ1) is 18.1. The highest BCUT2D eigenvalue weighted by molar-refractivity contribution is 7.22. The van der Waals surface area contributed by atoms with Crippen molar-refractivity contribution in [2.45, 2.75) is 6.30 Å². The van der Waals surface area contributed by atoms with E-state index in [0.29, 0.717) is 38.3 Å². The quantitative estimate of drug-likeness (QED) is 0.122. The molecule has 0 radical (unpaired) electrons. The highest BCUT2D eigenvalue weighted by Crippen LogP contribution is 2.31. The summed E-state index contributed by atoms with van der Waals surface area (Å²) in [5.41, 5.74) is 8.34. The van der Waals surface area contributed by atoms with Crippen molar-refractivity contribution in [2.75, 3.05) is 10.6 Å². The van der Waals surface area contributed by atoms with E-state index < -0.39 is 18.0 Å².